The van der Waals surface area contributed by atoms with Gasteiger partial charge in [0.25, 0.3) is 0 Å². The highest BCUT2D eigenvalue weighted by Gasteiger charge is 2.29. The Hall–Kier alpha value is -1.47. The van der Waals surface area contributed by atoms with Gasteiger partial charge in [-0.25, -0.2) is 8.42 Å². The second-order valence-corrected chi connectivity index (χ2v) is 7.90. The Kier molecular flexibility index (Phi) is 4.63. The zero-order chi connectivity index (χ0) is 15.6. The van der Waals surface area contributed by atoms with Gasteiger partial charge in [-0.05, 0) is 26.0 Å². The number of sulfonamides is 1. The Morgan fingerprint density at radius 2 is 1.81 bits per heavy atom. The number of methoxy groups -OCH3 is 1. The molecule has 1 heterocycles. The second kappa shape index (κ2) is 6.11. The Labute approximate surface area is 126 Å². The Balaban J connectivity index is 2.08. The maximum atomic E-state index is 12.1. The van der Waals surface area contributed by atoms with Crippen LogP contribution in [0, 0.1) is 0 Å². The smallest absolute Gasteiger partial charge is 0.216 e. The van der Waals surface area contributed by atoms with Crippen molar-refractivity contribution in [3.05, 3.63) is 18.2 Å². The molecular weight excluding hydrogens is 290 g/mol. The lowest BCUT2D eigenvalue weighted by Gasteiger charge is -2.36. The standard InChI is InChI=1S/C14H23N3O3S/c1-11(2)21(18,19)17-8-6-16(7-9-17)12-4-5-13(15)14(10-12)20-3/h4-5,10-11H,6-9,15H2,1-3H3. The molecule has 1 saturated heterocycles. The molecule has 118 valence electrons. The summed E-state index contributed by atoms with van der Waals surface area (Å²) in [4.78, 5) is 2.15. The maximum Gasteiger partial charge on any atom is 0.216 e. The van der Waals surface area contributed by atoms with E-state index in [1.54, 1.807) is 25.3 Å². The molecule has 1 aliphatic rings. The van der Waals surface area contributed by atoms with Crippen molar-refractivity contribution in [2.45, 2.75) is 19.1 Å². The van der Waals surface area contributed by atoms with Crippen LogP contribution >= 0.6 is 0 Å². The van der Waals surface area contributed by atoms with Crippen LogP contribution in [-0.2, 0) is 10.0 Å². The summed E-state index contributed by atoms with van der Waals surface area (Å²) in [6.07, 6.45) is 0. The molecule has 0 amide bonds. The molecule has 0 radical (unpaired) electrons. The molecule has 2 rings (SSSR count). The van der Waals surface area contributed by atoms with Crippen LogP contribution in [0.4, 0.5) is 11.4 Å². The van der Waals surface area contributed by atoms with Gasteiger partial charge in [0.1, 0.15) is 5.75 Å². The summed E-state index contributed by atoms with van der Waals surface area (Å²) in [5, 5.41) is -0.374. The van der Waals surface area contributed by atoms with Gasteiger partial charge in [-0.2, -0.15) is 4.31 Å². The third-order valence-electron chi connectivity index (χ3n) is 3.78. The number of hydrogen-bond donors (Lipinski definition) is 1. The largest absolute Gasteiger partial charge is 0.495 e. The Bertz CT molecular complexity index is 593. The van der Waals surface area contributed by atoms with Crippen molar-refractivity contribution >= 4 is 21.4 Å². The lowest BCUT2D eigenvalue weighted by molar-refractivity contribution is 0.380. The van der Waals surface area contributed by atoms with E-state index in [2.05, 4.69) is 4.90 Å². The minimum absolute atomic E-state index is 0.374. The molecule has 0 unspecified atom stereocenters. The van der Waals surface area contributed by atoms with E-state index in [4.69, 9.17) is 10.5 Å². The molecule has 0 bridgehead atoms. The summed E-state index contributed by atoms with van der Waals surface area (Å²) >= 11 is 0. The van der Waals surface area contributed by atoms with Crippen molar-refractivity contribution in [3.8, 4) is 5.75 Å². The predicted molar refractivity (Wildman–Crippen MR) is 85.2 cm³/mol. The van der Waals surface area contributed by atoms with E-state index in [-0.39, 0.29) is 5.25 Å². The summed E-state index contributed by atoms with van der Waals surface area (Å²) in [6.45, 7) is 5.78. The summed E-state index contributed by atoms with van der Waals surface area (Å²) in [5.74, 6) is 0.643. The predicted octanol–water partition coefficient (Wildman–Crippen LogP) is 1.14. The van der Waals surface area contributed by atoms with Crippen molar-refractivity contribution < 1.29 is 13.2 Å². The summed E-state index contributed by atoms with van der Waals surface area (Å²) < 4.78 is 31.1. The number of nitrogens with two attached hydrogens (primary N) is 1. The van der Waals surface area contributed by atoms with Crippen LogP contribution < -0.4 is 15.4 Å². The fourth-order valence-corrected chi connectivity index (χ4v) is 3.66. The first-order chi connectivity index (χ1) is 9.86. The summed E-state index contributed by atoms with van der Waals surface area (Å²) in [5.41, 5.74) is 7.41. The second-order valence-electron chi connectivity index (χ2n) is 5.41. The molecular formula is C14H23N3O3S. The number of ether oxygens (including phenoxy) is 1. The lowest BCUT2D eigenvalue weighted by Crippen LogP contribution is -2.50. The molecule has 0 aromatic heterocycles. The molecule has 2 N–H and O–H groups in total. The molecule has 0 spiro atoms. The zero-order valence-electron chi connectivity index (χ0n) is 12.7. The third kappa shape index (κ3) is 3.24. The fourth-order valence-electron chi connectivity index (χ4n) is 2.40. The van der Waals surface area contributed by atoms with Crippen LogP contribution in [0.2, 0.25) is 0 Å². The van der Waals surface area contributed by atoms with Crippen molar-refractivity contribution in [2.75, 3.05) is 43.9 Å². The van der Waals surface area contributed by atoms with Gasteiger partial charge in [0.05, 0.1) is 18.0 Å². The van der Waals surface area contributed by atoms with Gasteiger partial charge >= 0.3 is 0 Å². The monoisotopic (exact) mass is 313 g/mol. The van der Waals surface area contributed by atoms with Gasteiger partial charge in [-0.1, -0.05) is 0 Å². The van der Waals surface area contributed by atoms with Crippen LogP contribution in [-0.4, -0.2) is 51.3 Å². The Morgan fingerprint density at radius 1 is 1.19 bits per heavy atom. The average molecular weight is 313 g/mol. The first-order valence-electron chi connectivity index (χ1n) is 7.03. The normalized spacial score (nSPS) is 17.2. The van der Waals surface area contributed by atoms with E-state index >= 15 is 0 Å². The number of benzene rings is 1. The highest BCUT2D eigenvalue weighted by atomic mass is 32.2. The number of nitrogens with zero attached hydrogens (tertiary/aromatic N) is 2. The van der Waals surface area contributed by atoms with E-state index in [1.807, 2.05) is 18.2 Å². The Morgan fingerprint density at radius 3 is 2.33 bits per heavy atom. The minimum atomic E-state index is -3.16. The molecule has 1 fully saturated rings. The third-order valence-corrected chi connectivity index (χ3v) is 6.05. The van der Waals surface area contributed by atoms with Gasteiger partial charge in [-0.15, -0.1) is 0 Å². The molecule has 21 heavy (non-hydrogen) atoms. The van der Waals surface area contributed by atoms with E-state index < -0.39 is 10.0 Å². The topological polar surface area (TPSA) is 75.9 Å². The zero-order valence-corrected chi connectivity index (χ0v) is 13.6. The molecule has 1 aromatic rings. The van der Waals surface area contributed by atoms with Crippen LogP contribution in [0.15, 0.2) is 18.2 Å². The van der Waals surface area contributed by atoms with Crippen molar-refractivity contribution in [3.63, 3.8) is 0 Å². The van der Waals surface area contributed by atoms with E-state index in [9.17, 15) is 8.42 Å². The number of hydrogen-bond acceptors (Lipinski definition) is 5. The van der Waals surface area contributed by atoms with Gasteiger partial charge in [-0.3, -0.25) is 0 Å². The molecule has 1 aliphatic heterocycles. The maximum absolute atomic E-state index is 12.1. The van der Waals surface area contributed by atoms with E-state index in [1.165, 1.54) is 0 Å². The molecule has 0 aliphatic carbocycles. The van der Waals surface area contributed by atoms with Gasteiger partial charge in [0, 0.05) is 37.9 Å². The van der Waals surface area contributed by atoms with Crippen LogP contribution in [0.1, 0.15) is 13.8 Å². The minimum Gasteiger partial charge on any atom is -0.495 e. The van der Waals surface area contributed by atoms with Crippen LogP contribution in [0.3, 0.4) is 0 Å². The molecule has 6 nitrogen and oxygen atoms in total. The van der Waals surface area contributed by atoms with Gasteiger partial charge < -0.3 is 15.4 Å². The first kappa shape index (κ1) is 15.9. The van der Waals surface area contributed by atoms with Crippen LogP contribution in [0.5, 0.6) is 5.75 Å². The van der Waals surface area contributed by atoms with Crippen molar-refractivity contribution in [2.24, 2.45) is 0 Å². The van der Waals surface area contributed by atoms with E-state index in [0.717, 1.165) is 5.69 Å². The average Bonchev–Trinajstić information content (AvgIpc) is 2.47. The quantitative estimate of drug-likeness (QED) is 0.844. The lowest BCUT2D eigenvalue weighted by atomic mass is 10.2. The number of anilines is 2. The molecule has 7 heteroatoms. The SMILES string of the molecule is COc1cc(N2CCN(S(=O)(=O)C(C)C)CC2)ccc1N. The number of rotatable bonds is 4. The molecule has 1 aromatic carbocycles. The molecule has 0 atom stereocenters. The summed E-state index contributed by atoms with van der Waals surface area (Å²) in [6, 6.07) is 5.64. The van der Waals surface area contributed by atoms with E-state index in [0.29, 0.717) is 37.6 Å². The highest BCUT2D eigenvalue weighted by molar-refractivity contribution is 7.89. The van der Waals surface area contributed by atoms with Gasteiger partial charge in [0.2, 0.25) is 10.0 Å². The van der Waals surface area contributed by atoms with Crippen LogP contribution in [0.25, 0.3) is 0 Å². The van der Waals surface area contributed by atoms with Crippen molar-refractivity contribution in [1.29, 1.82) is 0 Å². The molecule has 0 saturated carbocycles. The first-order valence-corrected chi connectivity index (χ1v) is 8.54. The van der Waals surface area contributed by atoms with Crippen molar-refractivity contribution in [1.82, 2.24) is 4.31 Å². The number of nitrogen functional groups attached to an aromatic ring is 1. The highest BCUT2D eigenvalue weighted by Crippen LogP contribution is 2.28. The van der Waals surface area contributed by atoms with Gasteiger partial charge in [0.15, 0.2) is 0 Å². The summed E-state index contributed by atoms with van der Waals surface area (Å²) in [7, 11) is -1.58. The number of piperazine rings is 1. The fraction of sp³-hybridized carbons (Fsp3) is 0.571.